The minimum absolute atomic E-state index is 0.125. The molecule has 19 heavy (non-hydrogen) atoms. The summed E-state index contributed by atoms with van der Waals surface area (Å²) in [7, 11) is 0. The molecule has 0 amide bonds. The van der Waals surface area contributed by atoms with Gasteiger partial charge in [-0.05, 0) is 25.2 Å². The summed E-state index contributed by atoms with van der Waals surface area (Å²) in [6, 6.07) is 0. The fourth-order valence-electron chi connectivity index (χ4n) is 2.12. The molecule has 1 fully saturated rings. The van der Waals surface area contributed by atoms with E-state index in [-0.39, 0.29) is 6.10 Å². The third-order valence-electron chi connectivity index (χ3n) is 3.06. The van der Waals surface area contributed by atoms with E-state index < -0.39 is 6.49 Å². The predicted octanol–water partition coefficient (Wildman–Crippen LogP) is 2.87. The first-order valence-electron chi connectivity index (χ1n) is 7.24. The van der Waals surface area contributed by atoms with Crippen molar-refractivity contribution in [3.63, 3.8) is 0 Å². The van der Waals surface area contributed by atoms with Gasteiger partial charge < -0.3 is 13.8 Å². The molecule has 6 heteroatoms. The van der Waals surface area contributed by atoms with Crippen LogP contribution in [0.2, 0.25) is 0 Å². The first kappa shape index (κ1) is 17.5. The van der Waals surface area contributed by atoms with Gasteiger partial charge in [-0.15, -0.1) is 0 Å². The van der Waals surface area contributed by atoms with Gasteiger partial charge in [-0.25, -0.2) is 0 Å². The molecule has 0 radical (unpaired) electrons. The Hall–Kier alpha value is 0.490. The number of ether oxygens (including phenoxy) is 1. The van der Waals surface area contributed by atoms with Crippen molar-refractivity contribution < 1.29 is 13.8 Å². The highest BCUT2D eigenvalue weighted by Crippen LogP contribution is 2.45. The second-order valence-electron chi connectivity index (χ2n) is 5.14. The van der Waals surface area contributed by atoms with Gasteiger partial charge in [-0.1, -0.05) is 19.8 Å². The molecule has 0 aromatic heterocycles. The maximum Gasteiger partial charge on any atom is 0.185 e. The molecule has 1 saturated heterocycles. The van der Waals surface area contributed by atoms with Gasteiger partial charge in [0.2, 0.25) is 0 Å². The lowest BCUT2D eigenvalue weighted by atomic mass is 10.3. The van der Waals surface area contributed by atoms with Gasteiger partial charge in [0.05, 0.1) is 25.9 Å². The van der Waals surface area contributed by atoms with Gasteiger partial charge in [0.25, 0.3) is 0 Å². The molecule has 1 aliphatic rings. The highest BCUT2D eigenvalue weighted by atomic mass is 32.5. The second kappa shape index (κ2) is 9.43. The zero-order valence-corrected chi connectivity index (χ0v) is 14.2. The molecular formula is C13H28NO3PS. The van der Waals surface area contributed by atoms with E-state index in [0.717, 1.165) is 45.9 Å². The summed E-state index contributed by atoms with van der Waals surface area (Å²) >= 11 is 5.46. The lowest BCUT2D eigenvalue weighted by Crippen LogP contribution is -2.40. The van der Waals surface area contributed by atoms with E-state index in [1.165, 1.54) is 12.8 Å². The molecule has 0 saturated carbocycles. The van der Waals surface area contributed by atoms with Crippen LogP contribution in [-0.4, -0.2) is 57.1 Å². The van der Waals surface area contributed by atoms with Gasteiger partial charge in [0.1, 0.15) is 0 Å². The number of morpholine rings is 1. The van der Waals surface area contributed by atoms with Crippen molar-refractivity contribution in [2.24, 2.45) is 0 Å². The summed E-state index contributed by atoms with van der Waals surface area (Å²) in [5.41, 5.74) is 0. The van der Waals surface area contributed by atoms with Crippen molar-refractivity contribution in [1.82, 2.24) is 4.90 Å². The normalized spacial score (nSPS) is 22.1. The molecule has 0 N–H and O–H groups in total. The monoisotopic (exact) mass is 309 g/mol. The highest BCUT2D eigenvalue weighted by Gasteiger charge is 2.19. The Bertz CT molecular complexity index is 285. The number of hydrogen-bond donors (Lipinski definition) is 0. The molecule has 0 bridgehead atoms. The maximum atomic E-state index is 5.94. The molecule has 1 rings (SSSR count). The quantitative estimate of drug-likeness (QED) is 0.483. The summed E-state index contributed by atoms with van der Waals surface area (Å²) in [6.45, 7) is 9.36. The van der Waals surface area contributed by atoms with Crippen molar-refractivity contribution in [3.05, 3.63) is 0 Å². The summed E-state index contributed by atoms with van der Waals surface area (Å²) < 4.78 is 17.0. The van der Waals surface area contributed by atoms with E-state index in [1.54, 1.807) is 0 Å². The van der Waals surface area contributed by atoms with E-state index >= 15 is 0 Å². The van der Waals surface area contributed by atoms with Crippen LogP contribution in [0.15, 0.2) is 0 Å². The number of hydrogen-bond acceptors (Lipinski definition) is 5. The van der Waals surface area contributed by atoms with Crippen molar-refractivity contribution >= 4 is 18.3 Å². The molecule has 0 aromatic carbocycles. The predicted molar refractivity (Wildman–Crippen MR) is 83.5 cm³/mol. The van der Waals surface area contributed by atoms with Crippen LogP contribution in [0.3, 0.4) is 0 Å². The smallest absolute Gasteiger partial charge is 0.185 e. The van der Waals surface area contributed by atoms with Crippen LogP contribution >= 0.6 is 6.49 Å². The van der Waals surface area contributed by atoms with Gasteiger partial charge in [0, 0.05) is 26.3 Å². The Kier molecular flexibility index (Phi) is 8.71. The summed E-state index contributed by atoms with van der Waals surface area (Å²) in [6.07, 6.45) is 3.59. The molecule has 2 atom stereocenters. The van der Waals surface area contributed by atoms with Crippen LogP contribution < -0.4 is 0 Å². The fraction of sp³-hybridized carbons (Fsp3) is 1.00. The Morgan fingerprint density at radius 3 is 2.63 bits per heavy atom. The van der Waals surface area contributed by atoms with Crippen LogP contribution in [0.25, 0.3) is 0 Å². The number of nitrogens with zero attached hydrogens (tertiary/aromatic N) is 1. The molecule has 4 nitrogen and oxygen atoms in total. The summed E-state index contributed by atoms with van der Waals surface area (Å²) in [5, 5.41) is 0. The minimum Gasteiger partial charge on any atom is -0.379 e. The third kappa shape index (κ3) is 8.38. The lowest BCUT2D eigenvalue weighted by Gasteiger charge is -2.30. The average Bonchev–Trinajstić information content (AvgIpc) is 2.35. The molecule has 0 aliphatic carbocycles. The SMILES string of the molecule is CCCCCOP(C)(=S)OC(C)CN1CCOCC1. The Morgan fingerprint density at radius 2 is 2.00 bits per heavy atom. The van der Waals surface area contributed by atoms with E-state index in [0.29, 0.717) is 0 Å². The Labute approximate surface area is 123 Å². The first-order valence-corrected chi connectivity index (χ1v) is 10.3. The molecule has 1 heterocycles. The molecular weight excluding hydrogens is 281 g/mol. The Balaban J connectivity index is 2.20. The van der Waals surface area contributed by atoms with Gasteiger partial charge in [0.15, 0.2) is 6.49 Å². The highest BCUT2D eigenvalue weighted by molar-refractivity contribution is 8.09. The van der Waals surface area contributed by atoms with E-state index in [9.17, 15) is 0 Å². The van der Waals surface area contributed by atoms with Crippen molar-refractivity contribution in [1.29, 1.82) is 0 Å². The molecule has 2 unspecified atom stereocenters. The third-order valence-corrected chi connectivity index (χ3v) is 5.03. The number of unbranched alkanes of at least 4 members (excludes halogenated alkanes) is 2. The van der Waals surface area contributed by atoms with Crippen molar-refractivity contribution in [3.8, 4) is 0 Å². The van der Waals surface area contributed by atoms with E-state index in [4.69, 9.17) is 25.6 Å². The zero-order chi connectivity index (χ0) is 14.1. The van der Waals surface area contributed by atoms with Crippen LogP contribution in [0.5, 0.6) is 0 Å². The van der Waals surface area contributed by atoms with E-state index in [1.807, 2.05) is 6.66 Å². The van der Waals surface area contributed by atoms with Crippen molar-refractivity contribution in [2.45, 2.75) is 39.2 Å². The maximum absolute atomic E-state index is 5.94. The van der Waals surface area contributed by atoms with Crippen LogP contribution in [0, 0.1) is 0 Å². The van der Waals surface area contributed by atoms with Gasteiger partial charge in [-0.2, -0.15) is 0 Å². The Morgan fingerprint density at radius 1 is 1.32 bits per heavy atom. The largest absolute Gasteiger partial charge is 0.379 e. The number of rotatable bonds is 9. The topological polar surface area (TPSA) is 30.9 Å². The van der Waals surface area contributed by atoms with Gasteiger partial charge in [-0.3, -0.25) is 4.90 Å². The van der Waals surface area contributed by atoms with Crippen LogP contribution in [0.4, 0.5) is 0 Å². The van der Waals surface area contributed by atoms with Crippen LogP contribution in [0.1, 0.15) is 33.1 Å². The molecule has 0 aromatic rings. The average molecular weight is 309 g/mol. The molecule has 1 aliphatic heterocycles. The van der Waals surface area contributed by atoms with Gasteiger partial charge >= 0.3 is 0 Å². The molecule has 0 spiro atoms. The van der Waals surface area contributed by atoms with Crippen LogP contribution in [-0.2, 0) is 25.6 Å². The summed E-state index contributed by atoms with van der Waals surface area (Å²) in [4.78, 5) is 2.36. The fourth-order valence-corrected chi connectivity index (χ4v) is 4.03. The second-order valence-corrected chi connectivity index (χ2v) is 9.14. The zero-order valence-electron chi connectivity index (χ0n) is 12.5. The van der Waals surface area contributed by atoms with E-state index in [2.05, 4.69) is 18.7 Å². The van der Waals surface area contributed by atoms with Crippen molar-refractivity contribution in [2.75, 3.05) is 46.1 Å². The molecule has 114 valence electrons. The summed E-state index contributed by atoms with van der Waals surface area (Å²) in [5.74, 6) is 0. The first-order chi connectivity index (χ1) is 9.03. The standard InChI is InChI=1S/C13H28NO3PS/c1-4-5-6-9-16-18(3,19)17-13(2)12-14-7-10-15-11-8-14/h13H,4-12H2,1-3H3. The lowest BCUT2D eigenvalue weighted by molar-refractivity contribution is 0.0214. The minimum atomic E-state index is -2.08.